The summed E-state index contributed by atoms with van der Waals surface area (Å²) in [5.74, 6) is -0.303. The summed E-state index contributed by atoms with van der Waals surface area (Å²) in [5.41, 5.74) is 1.22. The normalized spacial score (nSPS) is 10.6. The Bertz CT molecular complexity index is 752. The van der Waals surface area contributed by atoms with Crippen molar-refractivity contribution < 1.29 is 4.79 Å². The maximum absolute atomic E-state index is 12.3. The van der Waals surface area contributed by atoms with Gasteiger partial charge in [0.05, 0.1) is 11.3 Å². The predicted octanol–water partition coefficient (Wildman–Crippen LogP) is 4.14. The molecule has 0 amide bonds. The SMILES string of the molecule is CCNc1ccccc(C(=O)/C=C\c2ccc(Br)cc2)c1=O. The zero-order valence-corrected chi connectivity index (χ0v) is 13.8. The van der Waals surface area contributed by atoms with Gasteiger partial charge in [0.1, 0.15) is 0 Å². The second-order valence-corrected chi connectivity index (χ2v) is 5.57. The minimum absolute atomic E-state index is 0.161. The summed E-state index contributed by atoms with van der Waals surface area (Å²) in [6.45, 7) is 2.53. The molecule has 2 aromatic carbocycles. The zero-order valence-electron chi connectivity index (χ0n) is 12.2. The Morgan fingerprint density at radius 2 is 1.82 bits per heavy atom. The average Bonchev–Trinajstić information content (AvgIpc) is 2.69. The highest BCUT2D eigenvalue weighted by atomic mass is 79.9. The number of hydrogen-bond donors (Lipinski definition) is 1. The fourth-order valence-corrected chi connectivity index (χ4v) is 2.22. The summed E-state index contributed by atoms with van der Waals surface area (Å²) >= 11 is 3.36. The summed E-state index contributed by atoms with van der Waals surface area (Å²) in [6.07, 6.45) is 3.13. The van der Waals surface area contributed by atoms with Crippen molar-refractivity contribution in [2.75, 3.05) is 11.9 Å². The fraction of sp³-hybridized carbons (Fsp3) is 0.111. The molecule has 0 heterocycles. The number of halogens is 1. The van der Waals surface area contributed by atoms with E-state index in [9.17, 15) is 9.59 Å². The second kappa shape index (κ2) is 7.71. The van der Waals surface area contributed by atoms with E-state index >= 15 is 0 Å². The van der Waals surface area contributed by atoms with Crippen molar-refractivity contribution in [3.05, 3.63) is 80.4 Å². The van der Waals surface area contributed by atoms with Crippen LogP contribution in [0.5, 0.6) is 0 Å². The van der Waals surface area contributed by atoms with Gasteiger partial charge in [0.15, 0.2) is 5.78 Å². The molecule has 0 radical (unpaired) electrons. The van der Waals surface area contributed by atoms with Gasteiger partial charge in [-0.2, -0.15) is 0 Å². The Labute approximate surface area is 137 Å². The average molecular weight is 358 g/mol. The molecule has 22 heavy (non-hydrogen) atoms. The van der Waals surface area contributed by atoms with Gasteiger partial charge in [-0.25, -0.2) is 0 Å². The summed E-state index contributed by atoms with van der Waals surface area (Å²) in [4.78, 5) is 24.6. The quantitative estimate of drug-likeness (QED) is 0.646. The van der Waals surface area contributed by atoms with Crippen LogP contribution in [0.1, 0.15) is 22.8 Å². The maximum Gasteiger partial charge on any atom is 0.212 e. The highest BCUT2D eigenvalue weighted by Gasteiger charge is 2.08. The molecule has 0 spiro atoms. The lowest BCUT2D eigenvalue weighted by Crippen LogP contribution is -2.15. The number of carbonyl (C=O) groups is 1. The van der Waals surface area contributed by atoms with Crippen molar-refractivity contribution in [3.8, 4) is 0 Å². The van der Waals surface area contributed by atoms with E-state index in [0.717, 1.165) is 10.0 Å². The Morgan fingerprint density at radius 1 is 1.14 bits per heavy atom. The first kappa shape index (κ1) is 16.2. The standard InChI is InChI=1S/C18H16BrNO2/c1-2-20-16-6-4-3-5-15(18(16)22)17(21)12-9-13-7-10-14(19)11-8-13/h3-12H,2H2,1H3,(H,20,22)/b12-9-. The molecule has 0 fully saturated rings. The summed E-state index contributed by atoms with van der Waals surface area (Å²) in [7, 11) is 0. The second-order valence-electron chi connectivity index (χ2n) is 4.65. The third-order valence-electron chi connectivity index (χ3n) is 3.06. The van der Waals surface area contributed by atoms with Gasteiger partial charge in [-0.05, 0) is 42.8 Å². The summed E-state index contributed by atoms with van der Waals surface area (Å²) < 4.78 is 0.975. The molecule has 0 aliphatic rings. The third-order valence-corrected chi connectivity index (χ3v) is 3.58. The highest BCUT2D eigenvalue weighted by molar-refractivity contribution is 9.10. The molecule has 0 aliphatic heterocycles. The molecule has 112 valence electrons. The molecule has 0 saturated carbocycles. The van der Waals surface area contributed by atoms with E-state index in [1.54, 1.807) is 30.3 Å². The Kier molecular flexibility index (Phi) is 5.67. The van der Waals surface area contributed by atoms with Gasteiger partial charge in [-0.15, -0.1) is 0 Å². The van der Waals surface area contributed by atoms with Crippen molar-refractivity contribution in [1.82, 2.24) is 0 Å². The van der Waals surface area contributed by atoms with E-state index in [1.165, 1.54) is 6.08 Å². The maximum atomic E-state index is 12.3. The van der Waals surface area contributed by atoms with Crippen LogP contribution in [-0.4, -0.2) is 12.3 Å². The summed E-state index contributed by atoms with van der Waals surface area (Å²) in [5, 5.41) is 2.98. The first-order valence-corrected chi connectivity index (χ1v) is 7.76. The van der Waals surface area contributed by atoms with Crippen LogP contribution in [0.3, 0.4) is 0 Å². The molecule has 2 aromatic rings. The van der Waals surface area contributed by atoms with Crippen molar-refractivity contribution in [2.24, 2.45) is 0 Å². The fourth-order valence-electron chi connectivity index (χ4n) is 1.96. The number of carbonyl (C=O) groups excluding carboxylic acids is 1. The van der Waals surface area contributed by atoms with Crippen molar-refractivity contribution >= 4 is 33.5 Å². The smallest absolute Gasteiger partial charge is 0.212 e. The van der Waals surface area contributed by atoms with Gasteiger partial charge in [0, 0.05) is 11.0 Å². The lowest BCUT2D eigenvalue weighted by Gasteiger charge is -1.99. The predicted molar refractivity (Wildman–Crippen MR) is 94.4 cm³/mol. The summed E-state index contributed by atoms with van der Waals surface area (Å²) in [6, 6.07) is 14.3. The van der Waals surface area contributed by atoms with E-state index < -0.39 is 0 Å². The molecule has 0 aromatic heterocycles. The monoisotopic (exact) mass is 357 g/mol. The topological polar surface area (TPSA) is 46.2 Å². The molecular formula is C18H16BrNO2. The van der Waals surface area contributed by atoms with Crippen molar-refractivity contribution in [1.29, 1.82) is 0 Å². The third kappa shape index (κ3) is 4.15. The molecule has 0 saturated heterocycles. The lowest BCUT2D eigenvalue weighted by molar-refractivity contribution is 0.104. The molecular weight excluding hydrogens is 342 g/mol. The first-order valence-electron chi connectivity index (χ1n) is 6.97. The molecule has 0 aliphatic carbocycles. The molecule has 1 N–H and O–H groups in total. The lowest BCUT2D eigenvalue weighted by atomic mass is 10.1. The van der Waals surface area contributed by atoms with Gasteiger partial charge >= 0.3 is 0 Å². The highest BCUT2D eigenvalue weighted by Crippen LogP contribution is 2.12. The van der Waals surface area contributed by atoms with Crippen LogP contribution in [0, 0.1) is 0 Å². The van der Waals surface area contributed by atoms with Gasteiger partial charge in [0.25, 0.3) is 0 Å². The first-order chi connectivity index (χ1) is 10.6. The number of ketones is 1. The van der Waals surface area contributed by atoms with Crippen LogP contribution in [0.4, 0.5) is 5.69 Å². The minimum atomic E-state index is -0.303. The van der Waals surface area contributed by atoms with Gasteiger partial charge in [-0.1, -0.05) is 46.3 Å². The van der Waals surface area contributed by atoms with Crippen molar-refractivity contribution in [2.45, 2.75) is 6.92 Å². The van der Waals surface area contributed by atoms with E-state index in [0.29, 0.717) is 12.2 Å². The number of nitrogens with one attached hydrogen (secondary N) is 1. The number of anilines is 1. The largest absolute Gasteiger partial charge is 0.382 e. The van der Waals surface area contributed by atoms with Crippen LogP contribution in [0.2, 0.25) is 0 Å². The molecule has 3 nitrogen and oxygen atoms in total. The molecule has 0 atom stereocenters. The van der Waals surface area contributed by atoms with Crippen molar-refractivity contribution in [3.63, 3.8) is 0 Å². The van der Waals surface area contributed by atoms with Crippen LogP contribution in [-0.2, 0) is 0 Å². The Balaban J connectivity index is 2.30. The number of rotatable bonds is 5. The zero-order chi connectivity index (χ0) is 15.9. The van der Waals surface area contributed by atoms with E-state index in [2.05, 4.69) is 21.2 Å². The molecule has 0 bridgehead atoms. The van der Waals surface area contributed by atoms with Gasteiger partial charge < -0.3 is 5.32 Å². The van der Waals surface area contributed by atoms with Crippen LogP contribution in [0.15, 0.2) is 63.9 Å². The number of benzene rings is 1. The van der Waals surface area contributed by atoms with Gasteiger partial charge in [-0.3, -0.25) is 9.59 Å². The molecule has 2 rings (SSSR count). The van der Waals surface area contributed by atoms with Crippen LogP contribution >= 0.6 is 15.9 Å². The van der Waals surface area contributed by atoms with Gasteiger partial charge in [0.2, 0.25) is 5.43 Å². The Morgan fingerprint density at radius 3 is 2.50 bits per heavy atom. The van der Waals surface area contributed by atoms with Crippen LogP contribution < -0.4 is 10.7 Å². The molecule has 4 heteroatoms. The number of hydrogen-bond acceptors (Lipinski definition) is 3. The molecule has 0 unspecified atom stereocenters. The van der Waals surface area contributed by atoms with E-state index in [4.69, 9.17) is 0 Å². The number of allylic oxidation sites excluding steroid dienone is 1. The van der Waals surface area contributed by atoms with E-state index in [-0.39, 0.29) is 16.8 Å². The minimum Gasteiger partial charge on any atom is -0.382 e. The Hall–Kier alpha value is -2.20. The van der Waals surface area contributed by atoms with Crippen LogP contribution in [0.25, 0.3) is 6.08 Å². The van der Waals surface area contributed by atoms with E-state index in [1.807, 2.05) is 31.2 Å².